The highest BCUT2D eigenvalue weighted by Gasteiger charge is 2.57. The van der Waals surface area contributed by atoms with Gasteiger partial charge in [0.25, 0.3) is 0 Å². The van der Waals surface area contributed by atoms with Crippen LogP contribution in [-0.4, -0.2) is 0 Å². The van der Waals surface area contributed by atoms with Gasteiger partial charge in [0.05, 0.1) is 0 Å². The van der Waals surface area contributed by atoms with Crippen LogP contribution in [0.1, 0.15) is 119 Å². The molecule has 32 heavy (non-hydrogen) atoms. The molecule has 0 aromatic heterocycles. The van der Waals surface area contributed by atoms with Gasteiger partial charge in [0.1, 0.15) is 0 Å². The number of fused-ring (bicyclic) bond motifs is 1. The lowest BCUT2D eigenvalue weighted by atomic mass is 9.49. The number of hydrogen-bond donors (Lipinski definition) is 0. The monoisotopic (exact) mass is 438 g/mol. The van der Waals surface area contributed by atoms with Gasteiger partial charge in [-0.1, -0.05) is 90.7 Å². The summed E-state index contributed by atoms with van der Waals surface area (Å²) < 4.78 is 0. The van der Waals surface area contributed by atoms with Gasteiger partial charge in [-0.05, 0) is 104 Å². The van der Waals surface area contributed by atoms with Gasteiger partial charge in [0.15, 0.2) is 0 Å². The van der Waals surface area contributed by atoms with Gasteiger partial charge in [-0.25, -0.2) is 0 Å². The average Bonchev–Trinajstić information content (AvgIpc) is 3.10. The van der Waals surface area contributed by atoms with Crippen molar-refractivity contribution in [2.75, 3.05) is 0 Å². The topological polar surface area (TPSA) is 0 Å². The van der Waals surface area contributed by atoms with E-state index in [1.807, 2.05) is 0 Å². The van der Waals surface area contributed by atoms with Gasteiger partial charge in [-0.2, -0.15) is 0 Å². The Kier molecular flexibility index (Phi) is 8.60. The van der Waals surface area contributed by atoms with Crippen molar-refractivity contribution in [3.63, 3.8) is 0 Å². The molecular weight excluding hydrogens is 384 g/mol. The lowest BCUT2D eigenvalue weighted by Crippen LogP contribution is -2.48. The van der Waals surface area contributed by atoms with Gasteiger partial charge in [-0.15, -0.1) is 6.58 Å². The van der Waals surface area contributed by atoms with Crippen LogP contribution in [0.4, 0.5) is 0 Å². The Morgan fingerprint density at radius 1 is 1.06 bits per heavy atom. The number of hydrogen-bond acceptors (Lipinski definition) is 0. The van der Waals surface area contributed by atoms with Crippen LogP contribution in [0, 0.1) is 46.3 Å². The summed E-state index contributed by atoms with van der Waals surface area (Å²) in [6.45, 7) is 23.5. The van der Waals surface area contributed by atoms with Gasteiger partial charge in [0, 0.05) is 0 Å². The molecule has 0 aliphatic heterocycles. The molecule has 0 nitrogen and oxygen atoms in total. The highest BCUT2D eigenvalue weighted by Crippen LogP contribution is 2.66. The minimum absolute atomic E-state index is 0.379. The standard InChI is InChI=1S/C32H54/c1-9-11-15-27-29-17-16-28(25(6)14-12-13-23(3)4)32(29,8)21-19-30(27)31(7)20-18-24(5)22-26(31)10-2/h9,22-23,25,27-30H,1,5,10-21H2,2-4,6-8H3/t25?,27?,28?,29?,30?,31-,32+/m0/s1. The van der Waals surface area contributed by atoms with Crippen LogP contribution in [0.15, 0.2) is 36.5 Å². The Balaban J connectivity index is 1.83. The van der Waals surface area contributed by atoms with Crippen molar-refractivity contribution >= 4 is 0 Å². The molecule has 0 N–H and O–H groups in total. The summed E-state index contributed by atoms with van der Waals surface area (Å²) in [5.41, 5.74) is 4.00. The first-order valence-corrected chi connectivity index (χ1v) is 14.2. The quantitative estimate of drug-likeness (QED) is 0.297. The molecule has 3 rings (SSSR count). The van der Waals surface area contributed by atoms with Crippen molar-refractivity contribution in [3.8, 4) is 0 Å². The first kappa shape index (κ1) is 25.8. The van der Waals surface area contributed by atoms with Crippen molar-refractivity contribution in [1.29, 1.82) is 0 Å². The lowest BCUT2D eigenvalue weighted by molar-refractivity contribution is -0.0450. The zero-order chi connectivity index (χ0) is 23.5. The van der Waals surface area contributed by atoms with E-state index >= 15 is 0 Å². The average molecular weight is 439 g/mol. The van der Waals surface area contributed by atoms with Gasteiger partial charge < -0.3 is 0 Å². The predicted octanol–water partition coefficient (Wildman–Crippen LogP) is 10.2. The third kappa shape index (κ3) is 5.00. The largest absolute Gasteiger partial charge is 0.103 e. The molecule has 0 heterocycles. The second-order valence-corrected chi connectivity index (χ2v) is 12.9. The van der Waals surface area contributed by atoms with Crippen LogP contribution in [-0.2, 0) is 0 Å². The second-order valence-electron chi connectivity index (χ2n) is 12.9. The van der Waals surface area contributed by atoms with E-state index in [9.17, 15) is 0 Å². The Bertz CT molecular complexity index is 680. The van der Waals surface area contributed by atoms with E-state index in [1.54, 1.807) is 5.57 Å². The fourth-order valence-electron chi connectivity index (χ4n) is 8.81. The van der Waals surface area contributed by atoms with Crippen molar-refractivity contribution in [2.45, 2.75) is 119 Å². The molecule has 3 aliphatic rings. The van der Waals surface area contributed by atoms with Crippen molar-refractivity contribution in [1.82, 2.24) is 0 Å². The molecule has 0 aromatic rings. The highest BCUT2D eigenvalue weighted by atomic mass is 14.6. The smallest absolute Gasteiger partial charge is 0.00791 e. The molecule has 0 heteroatoms. The maximum atomic E-state index is 4.33. The molecule has 0 aromatic carbocycles. The van der Waals surface area contributed by atoms with Gasteiger partial charge in [0.2, 0.25) is 0 Å². The third-order valence-corrected chi connectivity index (χ3v) is 10.6. The molecule has 0 amide bonds. The molecule has 3 aliphatic carbocycles. The SMILES string of the molecule is C=CCCC1C2CCC(C(C)CCCC(C)C)[C@@]2(C)CCC1[C@@]1(C)CCC(=C)C=C1CC. The van der Waals surface area contributed by atoms with E-state index in [0.29, 0.717) is 10.8 Å². The van der Waals surface area contributed by atoms with Crippen molar-refractivity contribution < 1.29 is 0 Å². The molecule has 0 radical (unpaired) electrons. The summed E-state index contributed by atoms with van der Waals surface area (Å²) in [5.74, 6) is 5.30. The van der Waals surface area contributed by atoms with Crippen LogP contribution in [0.25, 0.3) is 0 Å². The first-order valence-electron chi connectivity index (χ1n) is 14.2. The Hall–Kier alpha value is -0.780. The second kappa shape index (κ2) is 10.7. The maximum absolute atomic E-state index is 4.33. The summed E-state index contributed by atoms with van der Waals surface area (Å²) in [5, 5.41) is 0. The van der Waals surface area contributed by atoms with Crippen LogP contribution in [0.5, 0.6) is 0 Å². The molecular formula is C32H54. The zero-order valence-corrected chi connectivity index (χ0v) is 22.5. The Labute approximate surface area is 201 Å². The summed E-state index contributed by atoms with van der Waals surface area (Å²) >= 11 is 0. The van der Waals surface area contributed by atoms with E-state index in [4.69, 9.17) is 0 Å². The lowest BCUT2D eigenvalue weighted by Gasteiger charge is -2.56. The Morgan fingerprint density at radius 3 is 2.47 bits per heavy atom. The maximum Gasteiger partial charge on any atom is -0.00791 e. The molecule has 2 saturated carbocycles. The van der Waals surface area contributed by atoms with Crippen molar-refractivity contribution in [2.24, 2.45) is 46.3 Å². The van der Waals surface area contributed by atoms with Crippen molar-refractivity contribution in [3.05, 3.63) is 36.5 Å². The molecule has 5 unspecified atom stereocenters. The summed E-state index contributed by atoms with van der Waals surface area (Å²) in [7, 11) is 0. The normalized spacial score (nSPS) is 38.5. The Morgan fingerprint density at radius 2 is 1.81 bits per heavy atom. The van der Waals surface area contributed by atoms with Gasteiger partial charge >= 0.3 is 0 Å². The minimum Gasteiger partial charge on any atom is -0.103 e. The molecule has 0 spiro atoms. The van der Waals surface area contributed by atoms with Crippen LogP contribution in [0.3, 0.4) is 0 Å². The fourth-order valence-corrected chi connectivity index (χ4v) is 8.81. The van der Waals surface area contributed by atoms with E-state index in [0.717, 1.165) is 35.5 Å². The third-order valence-electron chi connectivity index (χ3n) is 10.6. The van der Waals surface area contributed by atoms with Crippen LogP contribution < -0.4 is 0 Å². The van der Waals surface area contributed by atoms with E-state index in [2.05, 4.69) is 66.9 Å². The van der Waals surface area contributed by atoms with Crippen LogP contribution in [0.2, 0.25) is 0 Å². The number of allylic oxidation sites excluding steroid dienone is 4. The summed E-state index contributed by atoms with van der Waals surface area (Å²) in [4.78, 5) is 0. The molecule has 2 fully saturated rings. The molecule has 0 bridgehead atoms. The fraction of sp³-hybridized carbons (Fsp3) is 0.812. The minimum atomic E-state index is 0.379. The molecule has 182 valence electrons. The summed E-state index contributed by atoms with van der Waals surface area (Å²) in [6.07, 6.45) is 21.0. The van der Waals surface area contributed by atoms with Gasteiger partial charge in [-0.3, -0.25) is 0 Å². The zero-order valence-electron chi connectivity index (χ0n) is 22.5. The molecule has 7 atom stereocenters. The molecule has 0 saturated heterocycles. The van der Waals surface area contributed by atoms with E-state index in [-0.39, 0.29) is 0 Å². The summed E-state index contributed by atoms with van der Waals surface area (Å²) in [6, 6.07) is 0. The number of rotatable bonds is 10. The predicted molar refractivity (Wildman–Crippen MR) is 143 cm³/mol. The van der Waals surface area contributed by atoms with E-state index in [1.165, 1.54) is 82.6 Å². The highest BCUT2D eigenvalue weighted by molar-refractivity contribution is 5.31. The van der Waals surface area contributed by atoms with E-state index < -0.39 is 0 Å². The first-order chi connectivity index (χ1) is 15.2. The van der Waals surface area contributed by atoms with Crippen LogP contribution >= 0.6 is 0 Å².